The van der Waals surface area contributed by atoms with Crippen LogP contribution in [-0.4, -0.2) is 4.98 Å². The van der Waals surface area contributed by atoms with Crippen molar-refractivity contribution in [2.75, 3.05) is 0 Å². The first kappa shape index (κ1) is 9.48. The number of nitriles is 1. The van der Waals surface area contributed by atoms with E-state index in [1.165, 1.54) is 6.07 Å². The Balaban J connectivity index is 3.19. The highest BCUT2D eigenvalue weighted by Gasteiger charge is 2.36. The summed E-state index contributed by atoms with van der Waals surface area (Å²) in [6.45, 7) is 0. The molecule has 0 unspecified atom stereocenters. The fourth-order valence-corrected chi connectivity index (χ4v) is 1.91. The van der Waals surface area contributed by atoms with E-state index >= 15 is 0 Å². The summed E-state index contributed by atoms with van der Waals surface area (Å²) in [6.07, 6.45) is -4.44. The predicted molar refractivity (Wildman–Crippen MR) is 39.5 cm³/mol. The van der Waals surface area contributed by atoms with Crippen LogP contribution < -0.4 is 0 Å². The van der Waals surface area contributed by atoms with E-state index in [2.05, 4.69) is 20.9 Å². The monoisotopic (exact) mass is 256 g/mol. The summed E-state index contributed by atoms with van der Waals surface area (Å²) in [6, 6.07) is 1.54. The fraction of sp³-hybridized carbons (Fsp3) is 0.200. The lowest BCUT2D eigenvalue weighted by Gasteiger charge is -2.00. The first-order valence-corrected chi connectivity index (χ1v) is 4.19. The summed E-state index contributed by atoms with van der Waals surface area (Å²) in [5.41, 5.74) is 0. The minimum Gasteiger partial charge on any atom is -0.218 e. The van der Waals surface area contributed by atoms with Crippen molar-refractivity contribution in [3.8, 4) is 6.07 Å². The molecule has 0 N–H and O–H groups in total. The maximum atomic E-state index is 12.0. The highest BCUT2D eigenvalue weighted by molar-refractivity contribution is 9.10. The van der Waals surface area contributed by atoms with E-state index in [1.54, 1.807) is 0 Å². The Hall–Kier alpha value is -0.610. The molecule has 0 aliphatic carbocycles. The normalized spacial score (nSPS) is 11.2. The van der Waals surface area contributed by atoms with Crippen LogP contribution in [0.4, 0.5) is 13.2 Å². The Labute approximate surface area is 77.8 Å². The van der Waals surface area contributed by atoms with E-state index in [1.807, 2.05) is 0 Å². The smallest absolute Gasteiger partial charge is 0.218 e. The van der Waals surface area contributed by atoms with Gasteiger partial charge in [-0.05, 0) is 15.9 Å². The molecule has 1 rings (SSSR count). The fourth-order valence-electron chi connectivity index (χ4n) is 0.524. The number of nitrogens with zero attached hydrogens (tertiary/aromatic N) is 2. The van der Waals surface area contributed by atoms with Gasteiger partial charge in [0.25, 0.3) is 0 Å². The van der Waals surface area contributed by atoms with E-state index in [9.17, 15) is 13.2 Å². The Morgan fingerprint density at radius 3 is 2.33 bits per heavy atom. The minimum atomic E-state index is -4.44. The van der Waals surface area contributed by atoms with Gasteiger partial charge in [0, 0.05) is 0 Å². The molecule has 0 fully saturated rings. The average molecular weight is 257 g/mol. The average Bonchev–Trinajstić information content (AvgIpc) is 2.29. The van der Waals surface area contributed by atoms with E-state index in [4.69, 9.17) is 5.26 Å². The molecule has 64 valence electrons. The van der Waals surface area contributed by atoms with Gasteiger partial charge in [0.15, 0.2) is 5.01 Å². The summed E-state index contributed by atoms with van der Waals surface area (Å²) in [5.74, 6) is 0. The number of aromatic nitrogens is 1. The maximum absolute atomic E-state index is 12.0. The summed E-state index contributed by atoms with van der Waals surface area (Å²) in [5, 5.41) is 8.05. The second-order valence-corrected chi connectivity index (χ2v) is 3.50. The number of hydrogen-bond acceptors (Lipinski definition) is 3. The van der Waals surface area contributed by atoms with Gasteiger partial charge in [-0.25, -0.2) is 4.98 Å². The van der Waals surface area contributed by atoms with Crippen LogP contribution in [0.5, 0.6) is 0 Å². The topological polar surface area (TPSA) is 36.7 Å². The third kappa shape index (κ3) is 1.76. The van der Waals surface area contributed by atoms with Crippen molar-refractivity contribution in [1.29, 1.82) is 5.26 Å². The van der Waals surface area contributed by atoms with Crippen molar-refractivity contribution in [2.24, 2.45) is 0 Å². The van der Waals surface area contributed by atoms with Gasteiger partial charge < -0.3 is 0 Å². The molecule has 0 aliphatic heterocycles. The first-order valence-electron chi connectivity index (χ1n) is 2.58. The Morgan fingerprint density at radius 2 is 2.08 bits per heavy atom. The van der Waals surface area contributed by atoms with Gasteiger partial charge in [0.05, 0.1) is 0 Å². The van der Waals surface area contributed by atoms with Crippen molar-refractivity contribution in [1.82, 2.24) is 4.98 Å². The lowest BCUT2D eigenvalue weighted by molar-refractivity contribution is -0.135. The Kier molecular flexibility index (Phi) is 2.39. The third-order valence-electron chi connectivity index (χ3n) is 0.939. The van der Waals surface area contributed by atoms with Crippen molar-refractivity contribution in [2.45, 2.75) is 6.18 Å². The van der Waals surface area contributed by atoms with Gasteiger partial charge in [0.2, 0.25) is 0 Å². The lowest BCUT2D eigenvalue weighted by Crippen LogP contribution is -2.02. The molecule has 0 radical (unpaired) electrons. The van der Waals surface area contributed by atoms with Gasteiger partial charge in [-0.15, -0.1) is 0 Å². The first-order chi connectivity index (χ1) is 5.45. The van der Waals surface area contributed by atoms with Gasteiger partial charge in [-0.2, -0.15) is 18.4 Å². The van der Waals surface area contributed by atoms with Crippen LogP contribution in [0.15, 0.2) is 4.60 Å². The molecule has 0 amide bonds. The van der Waals surface area contributed by atoms with Gasteiger partial charge in [-0.1, -0.05) is 11.3 Å². The number of alkyl halides is 3. The Bertz CT molecular complexity index is 337. The van der Waals surface area contributed by atoms with Crippen molar-refractivity contribution in [3.63, 3.8) is 0 Å². The molecular formula is C5BrF3N2S. The van der Waals surface area contributed by atoms with Crippen LogP contribution in [0.3, 0.4) is 0 Å². The van der Waals surface area contributed by atoms with E-state index in [0.29, 0.717) is 11.3 Å². The Morgan fingerprint density at radius 1 is 1.50 bits per heavy atom. The van der Waals surface area contributed by atoms with Crippen LogP contribution >= 0.6 is 27.3 Å². The zero-order chi connectivity index (χ0) is 9.35. The van der Waals surface area contributed by atoms with Crippen molar-refractivity contribution < 1.29 is 13.2 Å². The molecular weight excluding hydrogens is 257 g/mol. The highest BCUT2D eigenvalue weighted by atomic mass is 79.9. The molecule has 0 aliphatic rings. The van der Waals surface area contributed by atoms with Crippen LogP contribution in [0.1, 0.15) is 9.88 Å². The molecule has 0 saturated heterocycles. The maximum Gasteiger partial charge on any atom is 0.428 e. The molecule has 1 aromatic rings. The second kappa shape index (κ2) is 3.03. The third-order valence-corrected chi connectivity index (χ3v) is 2.78. The predicted octanol–water partition coefficient (Wildman–Crippen LogP) is 2.80. The SMILES string of the molecule is N#Cc1nc(Br)c(C(F)(F)F)s1. The zero-order valence-electron chi connectivity index (χ0n) is 5.31. The number of hydrogen-bond donors (Lipinski definition) is 0. The van der Waals surface area contributed by atoms with Gasteiger partial charge >= 0.3 is 6.18 Å². The van der Waals surface area contributed by atoms with Crippen molar-refractivity contribution in [3.05, 3.63) is 14.5 Å². The molecule has 0 atom stereocenters. The summed E-state index contributed by atoms with van der Waals surface area (Å²) in [4.78, 5) is 2.47. The molecule has 0 spiro atoms. The quantitative estimate of drug-likeness (QED) is 0.716. The van der Waals surface area contributed by atoms with Crippen molar-refractivity contribution >= 4 is 27.3 Å². The van der Waals surface area contributed by atoms with Crippen LogP contribution in [-0.2, 0) is 6.18 Å². The molecule has 2 nitrogen and oxygen atoms in total. The molecule has 12 heavy (non-hydrogen) atoms. The summed E-state index contributed by atoms with van der Waals surface area (Å²) >= 11 is 2.94. The minimum absolute atomic E-state index is 0.200. The van der Waals surface area contributed by atoms with E-state index < -0.39 is 11.1 Å². The number of halogens is 4. The van der Waals surface area contributed by atoms with Gasteiger partial charge in [0.1, 0.15) is 15.5 Å². The number of rotatable bonds is 0. The molecule has 0 bridgehead atoms. The zero-order valence-corrected chi connectivity index (χ0v) is 7.72. The molecule has 0 aromatic carbocycles. The lowest BCUT2D eigenvalue weighted by atomic mass is 10.5. The molecule has 1 aromatic heterocycles. The summed E-state index contributed by atoms with van der Waals surface area (Å²) in [7, 11) is 0. The largest absolute Gasteiger partial charge is 0.428 e. The molecule has 0 saturated carbocycles. The van der Waals surface area contributed by atoms with Gasteiger partial charge in [-0.3, -0.25) is 0 Å². The summed E-state index contributed by atoms with van der Waals surface area (Å²) < 4.78 is 35.8. The van der Waals surface area contributed by atoms with Crippen LogP contribution in [0, 0.1) is 11.3 Å². The van der Waals surface area contributed by atoms with Crippen LogP contribution in [0.2, 0.25) is 0 Å². The molecule has 7 heteroatoms. The second-order valence-electron chi connectivity index (χ2n) is 1.75. The number of thiazole rings is 1. The standard InChI is InChI=1S/C5BrF3N2S/c6-4-3(5(7,8)9)12-2(1-10)11-4. The van der Waals surface area contributed by atoms with E-state index in [-0.39, 0.29) is 9.61 Å². The van der Waals surface area contributed by atoms with E-state index in [0.717, 1.165) is 0 Å². The highest BCUT2D eigenvalue weighted by Crippen LogP contribution is 2.38. The molecule has 1 heterocycles. The van der Waals surface area contributed by atoms with Crippen LogP contribution in [0.25, 0.3) is 0 Å².